The van der Waals surface area contributed by atoms with E-state index in [1.807, 2.05) is 13.8 Å². The van der Waals surface area contributed by atoms with E-state index in [0.717, 1.165) is 11.8 Å². The predicted molar refractivity (Wildman–Crippen MR) is 60.9 cm³/mol. The highest BCUT2D eigenvalue weighted by atomic mass is 32.1. The van der Waals surface area contributed by atoms with E-state index in [-0.39, 0.29) is 0 Å². The molecule has 0 heterocycles. The number of hydrogen-bond acceptors (Lipinski definition) is 1. The Labute approximate surface area is 83.5 Å². The Morgan fingerprint density at radius 2 is 1.42 bits per heavy atom. The van der Waals surface area contributed by atoms with E-state index in [0.29, 0.717) is 5.25 Å². The standard InChI is InChI=1S/C9H18S.C2H6/c1-7(2)8-3-5-9(10)6-4-8;1-2/h7-10H,3-6H2,1-2H3;1-2H3. The summed E-state index contributed by atoms with van der Waals surface area (Å²) >= 11 is 4.47. The highest BCUT2D eigenvalue weighted by Gasteiger charge is 2.20. The first-order valence-corrected chi connectivity index (χ1v) is 5.90. The molecule has 1 saturated carbocycles. The summed E-state index contributed by atoms with van der Waals surface area (Å²) in [5.74, 6) is 1.88. The second-order valence-electron chi connectivity index (χ2n) is 3.81. The van der Waals surface area contributed by atoms with Crippen molar-refractivity contribution in [1.29, 1.82) is 0 Å². The molecule has 0 unspecified atom stereocenters. The fourth-order valence-electron chi connectivity index (χ4n) is 1.77. The number of thiol groups is 1. The van der Waals surface area contributed by atoms with Gasteiger partial charge in [0.2, 0.25) is 0 Å². The molecule has 0 aromatic heterocycles. The third-order valence-electron chi connectivity index (χ3n) is 2.68. The highest BCUT2D eigenvalue weighted by molar-refractivity contribution is 7.80. The molecule has 0 saturated heterocycles. The lowest BCUT2D eigenvalue weighted by Crippen LogP contribution is -2.18. The zero-order chi connectivity index (χ0) is 9.56. The van der Waals surface area contributed by atoms with E-state index in [4.69, 9.17) is 0 Å². The van der Waals surface area contributed by atoms with Crippen LogP contribution >= 0.6 is 12.6 Å². The van der Waals surface area contributed by atoms with Crippen LogP contribution in [-0.2, 0) is 0 Å². The molecule has 74 valence electrons. The maximum Gasteiger partial charge on any atom is 0.00170 e. The first kappa shape index (κ1) is 12.3. The molecule has 0 radical (unpaired) electrons. The topological polar surface area (TPSA) is 0 Å². The summed E-state index contributed by atoms with van der Waals surface area (Å²) in [6, 6.07) is 0. The first-order chi connectivity index (χ1) is 5.70. The van der Waals surface area contributed by atoms with Crippen molar-refractivity contribution >= 4 is 12.6 Å². The van der Waals surface area contributed by atoms with E-state index in [1.54, 1.807) is 0 Å². The Bertz CT molecular complexity index is 91.2. The van der Waals surface area contributed by atoms with Crippen LogP contribution < -0.4 is 0 Å². The van der Waals surface area contributed by atoms with Crippen molar-refractivity contribution in [2.24, 2.45) is 11.8 Å². The van der Waals surface area contributed by atoms with Gasteiger partial charge in [-0.05, 0) is 37.5 Å². The minimum atomic E-state index is 0.704. The van der Waals surface area contributed by atoms with Crippen molar-refractivity contribution in [2.75, 3.05) is 0 Å². The molecule has 0 atom stereocenters. The molecule has 0 aromatic rings. The number of rotatable bonds is 1. The van der Waals surface area contributed by atoms with Crippen molar-refractivity contribution < 1.29 is 0 Å². The van der Waals surface area contributed by atoms with Gasteiger partial charge in [0, 0.05) is 5.25 Å². The van der Waals surface area contributed by atoms with Crippen LogP contribution in [0.3, 0.4) is 0 Å². The van der Waals surface area contributed by atoms with E-state index >= 15 is 0 Å². The summed E-state index contributed by atoms with van der Waals surface area (Å²) < 4.78 is 0. The average Bonchev–Trinajstić information content (AvgIpc) is 2.09. The Morgan fingerprint density at radius 3 is 1.75 bits per heavy atom. The normalized spacial score (nSPS) is 29.5. The summed E-state index contributed by atoms with van der Waals surface area (Å²) in [5.41, 5.74) is 0. The molecule has 1 aliphatic rings. The lowest BCUT2D eigenvalue weighted by molar-refractivity contribution is 0.284. The van der Waals surface area contributed by atoms with E-state index in [9.17, 15) is 0 Å². The van der Waals surface area contributed by atoms with Gasteiger partial charge in [-0.2, -0.15) is 12.6 Å². The molecule has 0 spiro atoms. The maximum absolute atomic E-state index is 4.47. The molecule has 1 aliphatic carbocycles. The molecular formula is C11H24S. The molecule has 1 fully saturated rings. The van der Waals surface area contributed by atoms with Gasteiger partial charge in [0.25, 0.3) is 0 Å². The summed E-state index contributed by atoms with van der Waals surface area (Å²) in [6.07, 6.45) is 5.50. The van der Waals surface area contributed by atoms with Gasteiger partial charge in [-0.25, -0.2) is 0 Å². The van der Waals surface area contributed by atoms with Crippen molar-refractivity contribution in [1.82, 2.24) is 0 Å². The third kappa shape index (κ3) is 4.39. The van der Waals surface area contributed by atoms with Crippen LogP contribution in [0.5, 0.6) is 0 Å². The Balaban J connectivity index is 0.000000561. The van der Waals surface area contributed by atoms with Crippen molar-refractivity contribution in [3.05, 3.63) is 0 Å². The number of hydrogen-bond donors (Lipinski definition) is 1. The monoisotopic (exact) mass is 188 g/mol. The van der Waals surface area contributed by atoms with Crippen LogP contribution in [0.25, 0.3) is 0 Å². The van der Waals surface area contributed by atoms with Gasteiger partial charge < -0.3 is 0 Å². The molecule has 1 rings (SSSR count). The van der Waals surface area contributed by atoms with E-state index < -0.39 is 0 Å². The Morgan fingerprint density at radius 1 is 1.00 bits per heavy atom. The minimum Gasteiger partial charge on any atom is -0.176 e. The van der Waals surface area contributed by atoms with Gasteiger partial charge in [-0.3, -0.25) is 0 Å². The molecule has 0 amide bonds. The fourth-order valence-corrected chi connectivity index (χ4v) is 2.07. The lowest BCUT2D eigenvalue weighted by Gasteiger charge is -2.28. The van der Waals surface area contributed by atoms with Crippen LogP contribution in [0.4, 0.5) is 0 Å². The zero-order valence-corrected chi connectivity index (χ0v) is 9.90. The van der Waals surface area contributed by atoms with Crippen LogP contribution in [0, 0.1) is 11.8 Å². The van der Waals surface area contributed by atoms with Gasteiger partial charge in [0.15, 0.2) is 0 Å². The molecule has 0 N–H and O–H groups in total. The van der Waals surface area contributed by atoms with Crippen molar-refractivity contribution in [2.45, 2.75) is 58.6 Å². The summed E-state index contributed by atoms with van der Waals surface area (Å²) in [6.45, 7) is 8.67. The molecule has 0 bridgehead atoms. The lowest BCUT2D eigenvalue weighted by atomic mass is 9.82. The Kier molecular flexibility index (Phi) is 7.02. The SMILES string of the molecule is CC.CC(C)C1CCC(S)CC1. The van der Waals surface area contributed by atoms with Gasteiger partial charge >= 0.3 is 0 Å². The van der Waals surface area contributed by atoms with Crippen LogP contribution in [0.2, 0.25) is 0 Å². The zero-order valence-electron chi connectivity index (χ0n) is 9.01. The molecule has 1 heteroatoms. The highest BCUT2D eigenvalue weighted by Crippen LogP contribution is 2.31. The quantitative estimate of drug-likeness (QED) is 0.587. The average molecular weight is 188 g/mol. The Hall–Kier alpha value is 0.350. The molecular weight excluding hydrogens is 164 g/mol. The van der Waals surface area contributed by atoms with Gasteiger partial charge in [-0.15, -0.1) is 0 Å². The second kappa shape index (κ2) is 6.82. The molecule has 12 heavy (non-hydrogen) atoms. The van der Waals surface area contributed by atoms with Gasteiger partial charge in [-0.1, -0.05) is 27.7 Å². The predicted octanol–water partition coefficient (Wildman–Crippen LogP) is 4.16. The smallest absolute Gasteiger partial charge is 0.00170 e. The van der Waals surface area contributed by atoms with Crippen molar-refractivity contribution in [3.63, 3.8) is 0 Å². The molecule has 0 aliphatic heterocycles. The van der Waals surface area contributed by atoms with E-state index in [2.05, 4.69) is 26.5 Å². The largest absolute Gasteiger partial charge is 0.176 e. The summed E-state index contributed by atoms with van der Waals surface area (Å²) in [4.78, 5) is 0. The van der Waals surface area contributed by atoms with Gasteiger partial charge in [0.1, 0.15) is 0 Å². The second-order valence-corrected chi connectivity index (χ2v) is 4.54. The van der Waals surface area contributed by atoms with Crippen LogP contribution in [0.15, 0.2) is 0 Å². The fraction of sp³-hybridized carbons (Fsp3) is 1.00. The molecule has 0 nitrogen and oxygen atoms in total. The minimum absolute atomic E-state index is 0.704. The summed E-state index contributed by atoms with van der Waals surface area (Å²) in [5, 5.41) is 0.704. The maximum atomic E-state index is 4.47. The van der Waals surface area contributed by atoms with Crippen molar-refractivity contribution in [3.8, 4) is 0 Å². The first-order valence-electron chi connectivity index (χ1n) is 5.38. The third-order valence-corrected chi connectivity index (χ3v) is 3.20. The van der Waals surface area contributed by atoms with Gasteiger partial charge in [0.05, 0.1) is 0 Å². The van der Waals surface area contributed by atoms with Crippen LogP contribution in [0.1, 0.15) is 53.4 Å². The van der Waals surface area contributed by atoms with Crippen LogP contribution in [-0.4, -0.2) is 5.25 Å². The summed E-state index contributed by atoms with van der Waals surface area (Å²) in [7, 11) is 0. The van der Waals surface area contributed by atoms with E-state index in [1.165, 1.54) is 25.7 Å². The molecule has 0 aromatic carbocycles.